The van der Waals surface area contributed by atoms with Gasteiger partial charge in [-0.3, -0.25) is 5.10 Å². The average Bonchev–Trinajstić information content (AvgIpc) is 2.80. The summed E-state index contributed by atoms with van der Waals surface area (Å²) in [7, 11) is 5.54. The summed E-state index contributed by atoms with van der Waals surface area (Å²) in [6.07, 6.45) is 1.62. The fraction of sp³-hybridized carbons (Fsp3) is 0.800. The smallest absolute Gasteiger partial charge is 0.244 e. The molecule has 1 N–H and O–H groups in total. The highest BCUT2D eigenvalue weighted by Crippen LogP contribution is 2.33. The van der Waals surface area contributed by atoms with Crippen molar-refractivity contribution in [3.63, 3.8) is 0 Å². The van der Waals surface area contributed by atoms with E-state index in [1.165, 1.54) is 0 Å². The van der Waals surface area contributed by atoms with Gasteiger partial charge in [-0.25, -0.2) is 0 Å². The number of aromatic nitrogens is 3. The fourth-order valence-corrected chi connectivity index (χ4v) is 1.90. The third-order valence-electron chi connectivity index (χ3n) is 3.00. The zero-order chi connectivity index (χ0) is 11.6. The van der Waals surface area contributed by atoms with Gasteiger partial charge >= 0.3 is 0 Å². The van der Waals surface area contributed by atoms with Gasteiger partial charge in [0.05, 0.1) is 0 Å². The van der Waals surface area contributed by atoms with Crippen molar-refractivity contribution in [2.75, 3.05) is 39.3 Å². The van der Waals surface area contributed by atoms with Gasteiger partial charge in [0.1, 0.15) is 5.60 Å². The second kappa shape index (κ2) is 4.39. The minimum atomic E-state index is -0.362. The molecule has 0 bridgehead atoms. The third-order valence-corrected chi connectivity index (χ3v) is 3.00. The number of methoxy groups -OCH3 is 1. The van der Waals surface area contributed by atoms with Crippen molar-refractivity contribution in [2.24, 2.45) is 0 Å². The number of hydrogen-bond donors (Lipinski definition) is 1. The SMILES string of the molecule is COC1(c2nc(N(C)C)n[nH]2)CCOCC1. The Kier molecular flexibility index (Phi) is 3.11. The number of ether oxygens (including phenoxy) is 2. The van der Waals surface area contributed by atoms with Gasteiger partial charge in [-0.05, 0) is 0 Å². The summed E-state index contributed by atoms with van der Waals surface area (Å²) < 4.78 is 11.0. The van der Waals surface area contributed by atoms with E-state index in [0.717, 1.165) is 18.7 Å². The van der Waals surface area contributed by atoms with Crippen molar-refractivity contribution in [2.45, 2.75) is 18.4 Å². The molecule has 0 aliphatic carbocycles. The molecule has 0 spiro atoms. The number of nitrogens with one attached hydrogen (secondary N) is 1. The number of hydrogen-bond acceptors (Lipinski definition) is 5. The van der Waals surface area contributed by atoms with Gasteiger partial charge < -0.3 is 14.4 Å². The highest BCUT2D eigenvalue weighted by molar-refractivity contribution is 5.26. The molecule has 2 heterocycles. The number of nitrogens with zero attached hydrogens (tertiary/aromatic N) is 3. The molecule has 0 radical (unpaired) electrons. The van der Waals surface area contributed by atoms with E-state index in [0.29, 0.717) is 19.2 Å². The normalized spacial score (nSPS) is 19.7. The summed E-state index contributed by atoms with van der Waals surface area (Å²) in [4.78, 5) is 6.32. The molecular formula is C10H18N4O2. The molecule has 0 amide bonds. The van der Waals surface area contributed by atoms with Crippen molar-refractivity contribution < 1.29 is 9.47 Å². The van der Waals surface area contributed by atoms with E-state index < -0.39 is 0 Å². The largest absolute Gasteiger partial charge is 0.381 e. The Balaban J connectivity index is 2.25. The first-order valence-corrected chi connectivity index (χ1v) is 5.41. The lowest BCUT2D eigenvalue weighted by atomic mass is 9.93. The van der Waals surface area contributed by atoms with Crippen LogP contribution in [-0.4, -0.2) is 49.6 Å². The zero-order valence-electron chi connectivity index (χ0n) is 9.99. The predicted octanol–water partition coefficient (Wildman–Crippen LogP) is 0.523. The molecule has 0 unspecified atom stereocenters. The summed E-state index contributed by atoms with van der Waals surface area (Å²) in [5.41, 5.74) is -0.362. The number of aromatic amines is 1. The number of anilines is 1. The maximum atomic E-state index is 5.63. The van der Waals surface area contributed by atoms with E-state index in [2.05, 4.69) is 15.2 Å². The topological polar surface area (TPSA) is 63.3 Å². The van der Waals surface area contributed by atoms with Crippen LogP contribution in [0, 0.1) is 0 Å². The molecule has 0 atom stereocenters. The van der Waals surface area contributed by atoms with Crippen molar-refractivity contribution in [3.05, 3.63) is 5.82 Å². The van der Waals surface area contributed by atoms with Crippen LogP contribution in [0.15, 0.2) is 0 Å². The van der Waals surface area contributed by atoms with Crippen molar-refractivity contribution >= 4 is 5.95 Å². The predicted molar refractivity (Wildman–Crippen MR) is 59.4 cm³/mol. The minimum Gasteiger partial charge on any atom is -0.381 e. The van der Waals surface area contributed by atoms with E-state index in [9.17, 15) is 0 Å². The summed E-state index contributed by atoms with van der Waals surface area (Å²) >= 11 is 0. The molecule has 1 saturated heterocycles. The van der Waals surface area contributed by atoms with Gasteiger partial charge in [-0.1, -0.05) is 0 Å². The van der Waals surface area contributed by atoms with Crippen LogP contribution in [0.4, 0.5) is 5.95 Å². The van der Waals surface area contributed by atoms with Crippen LogP contribution in [-0.2, 0) is 15.1 Å². The molecule has 1 aromatic heterocycles. The Hall–Kier alpha value is -1.14. The molecule has 6 nitrogen and oxygen atoms in total. The van der Waals surface area contributed by atoms with Crippen molar-refractivity contribution in [1.82, 2.24) is 15.2 Å². The molecule has 1 aliphatic heterocycles. The molecule has 1 aromatic rings. The summed E-state index contributed by atoms with van der Waals surface area (Å²) in [6, 6.07) is 0. The van der Waals surface area contributed by atoms with E-state index in [-0.39, 0.29) is 5.60 Å². The Bertz CT molecular complexity index is 344. The maximum Gasteiger partial charge on any atom is 0.244 e. The molecular weight excluding hydrogens is 208 g/mol. The standard InChI is InChI=1S/C10H18N4O2/c1-14(2)9-11-8(12-13-9)10(15-3)4-6-16-7-5-10/h4-7H2,1-3H3,(H,11,12,13). The van der Waals surface area contributed by atoms with Gasteiger partial charge in [0.25, 0.3) is 0 Å². The summed E-state index contributed by atoms with van der Waals surface area (Å²) in [5, 5.41) is 7.12. The van der Waals surface area contributed by atoms with Crippen LogP contribution in [0.25, 0.3) is 0 Å². The monoisotopic (exact) mass is 226 g/mol. The van der Waals surface area contributed by atoms with Crippen molar-refractivity contribution in [3.8, 4) is 0 Å². The van der Waals surface area contributed by atoms with Gasteiger partial charge in [-0.2, -0.15) is 4.98 Å². The maximum absolute atomic E-state index is 5.63. The lowest BCUT2D eigenvalue weighted by Crippen LogP contribution is -2.36. The highest BCUT2D eigenvalue weighted by atomic mass is 16.5. The Morgan fingerprint density at radius 1 is 1.38 bits per heavy atom. The molecule has 0 saturated carbocycles. The third kappa shape index (κ3) is 1.90. The Morgan fingerprint density at radius 2 is 2.06 bits per heavy atom. The van der Waals surface area contributed by atoms with Crippen LogP contribution in [0.5, 0.6) is 0 Å². The van der Waals surface area contributed by atoms with E-state index in [1.807, 2.05) is 19.0 Å². The molecule has 0 aromatic carbocycles. The molecule has 90 valence electrons. The van der Waals surface area contributed by atoms with Crippen LogP contribution >= 0.6 is 0 Å². The molecule has 1 aliphatic rings. The lowest BCUT2D eigenvalue weighted by molar-refractivity contribution is -0.0997. The average molecular weight is 226 g/mol. The Labute approximate surface area is 94.9 Å². The quantitative estimate of drug-likeness (QED) is 0.814. The first-order chi connectivity index (χ1) is 7.68. The first kappa shape index (κ1) is 11.3. The number of H-pyrrole nitrogens is 1. The lowest BCUT2D eigenvalue weighted by Gasteiger charge is -2.33. The van der Waals surface area contributed by atoms with Crippen LogP contribution in [0.2, 0.25) is 0 Å². The Morgan fingerprint density at radius 3 is 2.56 bits per heavy atom. The van der Waals surface area contributed by atoms with Gasteiger partial charge in [0.2, 0.25) is 5.95 Å². The second-order valence-corrected chi connectivity index (χ2v) is 4.19. The fourth-order valence-electron chi connectivity index (χ4n) is 1.90. The van der Waals surface area contributed by atoms with Gasteiger partial charge in [0.15, 0.2) is 5.82 Å². The van der Waals surface area contributed by atoms with E-state index in [4.69, 9.17) is 9.47 Å². The molecule has 6 heteroatoms. The molecule has 16 heavy (non-hydrogen) atoms. The molecule has 2 rings (SSSR count). The first-order valence-electron chi connectivity index (χ1n) is 5.41. The number of rotatable bonds is 3. The summed E-state index contributed by atoms with van der Waals surface area (Å²) in [5.74, 6) is 1.47. The van der Waals surface area contributed by atoms with E-state index in [1.54, 1.807) is 7.11 Å². The zero-order valence-corrected chi connectivity index (χ0v) is 9.99. The highest BCUT2D eigenvalue weighted by Gasteiger charge is 2.37. The van der Waals surface area contributed by atoms with Crippen LogP contribution in [0.1, 0.15) is 18.7 Å². The second-order valence-electron chi connectivity index (χ2n) is 4.19. The van der Waals surface area contributed by atoms with Crippen LogP contribution < -0.4 is 4.90 Å². The van der Waals surface area contributed by atoms with Gasteiger partial charge in [0, 0.05) is 47.3 Å². The molecule has 1 fully saturated rings. The van der Waals surface area contributed by atoms with Crippen LogP contribution in [0.3, 0.4) is 0 Å². The summed E-state index contributed by atoms with van der Waals surface area (Å²) in [6.45, 7) is 1.40. The minimum absolute atomic E-state index is 0.362. The van der Waals surface area contributed by atoms with E-state index >= 15 is 0 Å². The van der Waals surface area contributed by atoms with Crippen molar-refractivity contribution in [1.29, 1.82) is 0 Å². The van der Waals surface area contributed by atoms with Gasteiger partial charge in [-0.15, -0.1) is 5.10 Å².